The van der Waals surface area contributed by atoms with Gasteiger partial charge < -0.3 is 10.5 Å². The molecule has 1 aromatic rings. The molecule has 2 rings (SSSR count). The molecule has 4 heteroatoms. The Kier molecular flexibility index (Phi) is 3.06. The van der Waals surface area contributed by atoms with E-state index in [9.17, 15) is 0 Å². The molecule has 1 fully saturated rings. The van der Waals surface area contributed by atoms with Gasteiger partial charge in [-0.05, 0) is 18.9 Å². The highest BCUT2D eigenvalue weighted by molar-refractivity contribution is 5.05. The zero-order valence-corrected chi connectivity index (χ0v) is 8.15. The lowest BCUT2D eigenvalue weighted by atomic mass is 10.0. The molecular formula is C10H15N3O. The number of nitrogens with zero attached hydrogens (tertiary/aromatic N) is 2. The molecule has 1 unspecified atom stereocenters. The van der Waals surface area contributed by atoms with Gasteiger partial charge in [-0.3, -0.25) is 0 Å². The van der Waals surface area contributed by atoms with Gasteiger partial charge in [-0.15, -0.1) is 0 Å². The molecule has 1 atom stereocenters. The van der Waals surface area contributed by atoms with Crippen LogP contribution in [0.15, 0.2) is 12.3 Å². The van der Waals surface area contributed by atoms with E-state index in [0.29, 0.717) is 12.5 Å². The van der Waals surface area contributed by atoms with Gasteiger partial charge in [0.1, 0.15) is 5.82 Å². The van der Waals surface area contributed by atoms with Crippen molar-refractivity contribution < 1.29 is 4.74 Å². The summed E-state index contributed by atoms with van der Waals surface area (Å²) in [5.74, 6) is 1.24. The highest BCUT2D eigenvalue weighted by atomic mass is 16.5. The van der Waals surface area contributed by atoms with Gasteiger partial charge >= 0.3 is 0 Å². The van der Waals surface area contributed by atoms with Gasteiger partial charge in [0.05, 0.1) is 12.3 Å². The van der Waals surface area contributed by atoms with Crippen LogP contribution in [-0.4, -0.2) is 23.2 Å². The summed E-state index contributed by atoms with van der Waals surface area (Å²) in [5, 5.41) is 0. The minimum Gasteiger partial charge on any atom is -0.381 e. The van der Waals surface area contributed by atoms with Crippen LogP contribution in [-0.2, 0) is 11.3 Å². The van der Waals surface area contributed by atoms with E-state index in [2.05, 4.69) is 9.97 Å². The van der Waals surface area contributed by atoms with Crippen molar-refractivity contribution in [1.29, 1.82) is 0 Å². The summed E-state index contributed by atoms with van der Waals surface area (Å²) in [5.41, 5.74) is 6.43. The van der Waals surface area contributed by atoms with Crippen LogP contribution in [0.25, 0.3) is 0 Å². The van der Waals surface area contributed by atoms with Gasteiger partial charge in [0.15, 0.2) is 0 Å². The van der Waals surface area contributed by atoms with Crippen LogP contribution in [0.1, 0.15) is 30.3 Å². The van der Waals surface area contributed by atoms with Crippen molar-refractivity contribution in [3.63, 3.8) is 0 Å². The standard InChI is InChI=1S/C10H15N3O/c11-6-9-3-4-12-10(13-9)8-2-1-5-14-7-8/h3-4,8H,1-2,5-7,11H2. The van der Waals surface area contributed by atoms with E-state index in [1.807, 2.05) is 6.07 Å². The third-order valence-electron chi connectivity index (χ3n) is 2.47. The van der Waals surface area contributed by atoms with Crippen molar-refractivity contribution in [2.45, 2.75) is 25.3 Å². The second-order valence-electron chi connectivity index (χ2n) is 3.52. The van der Waals surface area contributed by atoms with Crippen LogP contribution in [0.3, 0.4) is 0 Å². The van der Waals surface area contributed by atoms with Crippen molar-refractivity contribution in [2.75, 3.05) is 13.2 Å². The van der Waals surface area contributed by atoms with Gasteiger partial charge in [-0.1, -0.05) is 0 Å². The van der Waals surface area contributed by atoms with Crippen LogP contribution in [0.2, 0.25) is 0 Å². The lowest BCUT2D eigenvalue weighted by Crippen LogP contribution is -2.18. The molecule has 1 aromatic heterocycles. The largest absolute Gasteiger partial charge is 0.381 e. The molecule has 0 aromatic carbocycles. The maximum atomic E-state index is 5.53. The highest BCUT2D eigenvalue weighted by Crippen LogP contribution is 2.22. The van der Waals surface area contributed by atoms with E-state index in [0.717, 1.165) is 37.6 Å². The average molecular weight is 193 g/mol. The predicted octanol–water partition coefficient (Wildman–Crippen LogP) is 0.829. The van der Waals surface area contributed by atoms with E-state index in [4.69, 9.17) is 10.5 Å². The van der Waals surface area contributed by atoms with Gasteiger partial charge in [0.2, 0.25) is 0 Å². The fourth-order valence-corrected chi connectivity index (χ4v) is 1.67. The van der Waals surface area contributed by atoms with Crippen molar-refractivity contribution in [2.24, 2.45) is 5.73 Å². The average Bonchev–Trinajstić information content (AvgIpc) is 2.30. The van der Waals surface area contributed by atoms with E-state index < -0.39 is 0 Å². The molecule has 0 radical (unpaired) electrons. The lowest BCUT2D eigenvalue weighted by molar-refractivity contribution is 0.0780. The molecule has 0 saturated carbocycles. The number of aromatic nitrogens is 2. The summed E-state index contributed by atoms with van der Waals surface area (Å²) in [4.78, 5) is 8.66. The Labute approximate surface area is 83.5 Å². The highest BCUT2D eigenvalue weighted by Gasteiger charge is 2.18. The summed E-state index contributed by atoms with van der Waals surface area (Å²) >= 11 is 0. The van der Waals surface area contributed by atoms with Crippen molar-refractivity contribution in [1.82, 2.24) is 9.97 Å². The van der Waals surface area contributed by atoms with Crippen LogP contribution in [0, 0.1) is 0 Å². The monoisotopic (exact) mass is 193 g/mol. The molecule has 0 spiro atoms. The van der Waals surface area contributed by atoms with Crippen LogP contribution >= 0.6 is 0 Å². The summed E-state index contributed by atoms with van der Waals surface area (Å²) in [6, 6.07) is 1.85. The third-order valence-corrected chi connectivity index (χ3v) is 2.47. The Morgan fingerprint density at radius 1 is 1.57 bits per heavy atom. The van der Waals surface area contributed by atoms with E-state index >= 15 is 0 Å². The zero-order chi connectivity index (χ0) is 9.80. The van der Waals surface area contributed by atoms with Crippen LogP contribution < -0.4 is 5.73 Å². The second-order valence-corrected chi connectivity index (χ2v) is 3.52. The molecule has 2 heterocycles. The fraction of sp³-hybridized carbons (Fsp3) is 0.600. The Morgan fingerprint density at radius 3 is 3.21 bits per heavy atom. The zero-order valence-electron chi connectivity index (χ0n) is 8.15. The van der Waals surface area contributed by atoms with Crippen molar-refractivity contribution >= 4 is 0 Å². The smallest absolute Gasteiger partial charge is 0.133 e. The summed E-state index contributed by atoms with van der Waals surface area (Å²) in [7, 11) is 0. The first kappa shape index (κ1) is 9.55. The summed E-state index contributed by atoms with van der Waals surface area (Å²) in [6.07, 6.45) is 3.99. The SMILES string of the molecule is NCc1ccnc(C2CCCOC2)n1. The van der Waals surface area contributed by atoms with E-state index in [1.165, 1.54) is 0 Å². The Hall–Kier alpha value is -1.00. The Morgan fingerprint density at radius 2 is 2.50 bits per heavy atom. The minimum atomic E-state index is 0.357. The van der Waals surface area contributed by atoms with E-state index in [-0.39, 0.29) is 0 Å². The first-order chi connectivity index (χ1) is 6.90. The van der Waals surface area contributed by atoms with Crippen molar-refractivity contribution in [3.05, 3.63) is 23.8 Å². The van der Waals surface area contributed by atoms with Gasteiger partial charge in [-0.2, -0.15) is 0 Å². The molecule has 14 heavy (non-hydrogen) atoms. The summed E-state index contributed by atoms with van der Waals surface area (Å²) < 4.78 is 5.40. The first-order valence-electron chi connectivity index (χ1n) is 5.00. The number of hydrogen-bond donors (Lipinski definition) is 1. The Bertz CT molecular complexity index is 297. The molecular weight excluding hydrogens is 178 g/mol. The number of hydrogen-bond acceptors (Lipinski definition) is 4. The maximum Gasteiger partial charge on any atom is 0.133 e. The quantitative estimate of drug-likeness (QED) is 0.755. The number of ether oxygens (including phenoxy) is 1. The van der Waals surface area contributed by atoms with Gasteiger partial charge in [-0.25, -0.2) is 9.97 Å². The van der Waals surface area contributed by atoms with Crippen LogP contribution in [0.5, 0.6) is 0 Å². The topological polar surface area (TPSA) is 61.0 Å². The van der Waals surface area contributed by atoms with Gasteiger partial charge in [0.25, 0.3) is 0 Å². The summed E-state index contributed by atoms with van der Waals surface area (Å²) in [6.45, 7) is 2.09. The molecule has 1 aliphatic rings. The molecule has 1 saturated heterocycles. The lowest BCUT2D eigenvalue weighted by Gasteiger charge is -2.20. The predicted molar refractivity (Wildman–Crippen MR) is 52.7 cm³/mol. The maximum absolute atomic E-state index is 5.53. The molecule has 4 nitrogen and oxygen atoms in total. The molecule has 2 N–H and O–H groups in total. The normalized spacial score (nSPS) is 22.2. The molecule has 0 bridgehead atoms. The number of rotatable bonds is 2. The molecule has 0 aliphatic carbocycles. The van der Waals surface area contributed by atoms with E-state index in [1.54, 1.807) is 6.20 Å². The Balaban J connectivity index is 2.13. The van der Waals surface area contributed by atoms with Gasteiger partial charge in [0, 0.05) is 25.3 Å². The van der Waals surface area contributed by atoms with Crippen LogP contribution in [0.4, 0.5) is 0 Å². The molecule has 0 amide bonds. The second kappa shape index (κ2) is 4.48. The van der Waals surface area contributed by atoms with Crippen molar-refractivity contribution in [3.8, 4) is 0 Å². The number of nitrogens with two attached hydrogens (primary N) is 1. The third kappa shape index (κ3) is 2.08. The molecule has 1 aliphatic heterocycles. The minimum absolute atomic E-state index is 0.357. The first-order valence-corrected chi connectivity index (χ1v) is 5.00. The molecule has 76 valence electrons. The fourth-order valence-electron chi connectivity index (χ4n) is 1.67.